The van der Waals surface area contributed by atoms with Gasteiger partial charge in [-0.1, -0.05) is 18.2 Å². The van der Waals surface area contributed by atoms with E-state index in [0.29, 0.717) is 0 Å². The van der Waals surface area contributed by atoms with Gasteiger partial charge in [-0.2, -0.15) is 0 Å². The Balaban J connectivity index is 1.94. The number of fused-ring (bicyclic) bond motifs is 1. The van der Waals surface area contributed by atoms with Crippen LogP contribution >= 0.6 is 0 Å². The van der Waals surface area contributed by atoms with Crippen molar-refractivity contribution in [1.29, 1.82) is 0 Å². The molecule has 0 aliphatic rings. The summed E-state index contributed by atoms with van der Waals surface area (Å²) in [6, 6.07) is 10.4. The van der Waals surface area contributed by atoms with Gasteiger partial charge in [-0.25, -0.2) is 4.98 Å². The molecule has 4 nitrogen and oxygen atoms in total. The topological polar surface area (TPSA) is 49.6 Å². The number of hydrogen-bond acceptors (Lipinski definition) is 3. The van der Waals surface area contributed by atoms with E-state index in [4.69, 9.17) is 0 Å². The molecule has 0 radical (unpaired) electrons. The van der Waals surface area contributed by atoms with Crippen LogP contribution in [0.25, 0.3) is 5.65 Å². The fourth-order valence-electron chi connectivity index (χ4n) is 2.83. The molecule has 22 heavy (non-hydrogen) atoms. The van der Waals surface area contributed by atoms with Crippen LogP contribution in [0.1, 0.15) is 28.1 Å². The summed E-state index contributed by atoms with van der Waals surface area (Å²) in [5.41, 5.74) is 7.43. The van der Waals surface area contributed by atoms with E-state index in [1.807, 2.05) is 29.7 Å². The molecule has 4 heteroatoms. The highest BCUT2D eigenvalue weighted by Gasteiger charge is 2.11. The first kappa shape index (κ1) is 14.6. The second kappa shape index (κ2) is 5.81. The predicted octanol–water partition coefficient (Wildman–Crippen LogP) is 3.36. The van der Waals surface area contributed by atoms with Crippen molar-refractivity contribution in [2.75, 3.05) is 5.32 Å². The molecule has 1 aromatic carbocycles. The lowest BCUT2D eigenvalue weighted by Crippen LogP contribution is -2.05. The van der Waals surface area contributed by atoms with Crippen molar-refractivity contribution < 1.29 is 5.11 Å². The zero-order valence-electron chi connectivity index (χ0n) is 13.2. The normalized spacial score (nSPS) is 11.1. The Labute approximate surface area is 130 Å². The highest BCUT2D eigenvalue weighted by molar-refractivity contribution is 5.68. The summed E-state index contributed by atoms with van der Waals surface area (Å²) in [6.07, 6.45) is 1.97. The SMILES string of the molecule is Cc1cccc(C)c1CNc1cccn2c(C)c(CO)nc12. The van der Waals surface area contributed by atoms with Gasteiger partial charge in [0, 0.05) is 18.4 Å². The van der Waals surface area contributed by atoms with Gasteiger partial charge in [-0.15, -0.1) is 0 Å². The Bertz CT molecular complexity index is 800. The van der Waals surface area contributed by atoms with E-state index in [-0.39, 0.29) is 6.61 Å². The van der Waals surface area contributed by atoms with Crippen LogP contribution in [-0.4, -0.2) is 14.5 Å². The first-order valence-corrected chi connectivity index (χ1v) is 7.48. The van der Waals surface area contributed by atoms with Crippen LogP contribution < -0.4 is 5.32 Å². The Morgan fingerprint density at radius 2 is 1.82 bits per heavy atom. The lowest BCUT2D eigenvalue weighted by Gasteiger charge is -2.12. The van der Waals surface area contributed by atoms with Crippen LogP contribution in [0.4, 0.5) is 5.69 Å². The van der Waals surface area contributed by atoms with Gasteiger partial charge in [-0.05, 0) is 49.6 Å². The van der Waals surface area contributed by atoms with E-state index >= 15 is 0 Å². The average molecular weight is 295 g/mol. The van der Waals surface area contributed by atoms with Crippen molar-refractivity contribution in [3.63, 3.8) is 0 Å². The number of imidazole rings is 1. The molecule has 0 unspecified atom stereocenters. The first-order chi connectivity index (χ1) is 10.6. The van der Waals surface area contributed by atoms with E-state index in [1.54, 1.807) is 0 Å². The molecule has 2 heterocycles. The molecule has 2 aromatic heterocycles. The molecule has 0 aliphatic carbocycles. The lowest BCUT2D eigenvalue weighted by atomic mass is 10.0. The number of aryl methyl sites for hydroxylation is 3. The van der Waals surface area contributed by atoms with Crippen LogP contribution in [0.5, 0.6) is 0 Å². The number of aliphatic hydroxyl groups excluding tert-OH is 1. The number of pyridine rings is 1. The molecule has 114 valence electrons. The van der Waals surface area contributed by atoms with Crippen LogP contribution in [0.15, 0.2) is 36.5 Å². The Hall–Kier alpha value is -2.33. The maximum absolute atomic E-state index is 9.39. The van der Waals surface area contributed by atoms with Gasteiger partial charge in [0.25, 0.3) is 0 Å². The van der Waals surface area contributed by atoms with Gasteiger partial charge in [0.2, 0.25) is 0 Å². The van der Waals surface area contributed by atoms with E-state index in [2.05, 4.69) is 42.3 Å². The number of hydrogen-bond donors (Lipinski definition) is 2. The van der Waals surface area contributed by atoms with Crippen molar-refractivity contribution >= 4 is 11.3 Å². The molecule has 0 saturated heterocycles. The van der Waals surface area contributed by atoms with Crippen LogP contribution in [0.2, 0.25) is 0 Å². The summed E-state index contributed by atoms with van der Waals surface area (Å²) in [4.78, 5) is 4.54. The molecule has 0 bridgehead atoms. The third-order valence-electron chi connectivity index (χ3n) is 4.24. The second-order valence-electron chi connectivity index (χ2n) is 5.64. The molecule has 2 N–H and O–H groups in total. The first-order valence-electron chi connectivity index (χ1n) is 7.48. The van der Waals surface area contributed by atoms with E-state index in [1.165, 1.54) is 16.7 Å². The summed E-state index contributed by atoms with van der Waals surface area (Å²) in [6.45, 7) is 6.96. The Morgan fingerprint density at radius 1 is 1.09 bits per heavy atom. The maximum atomic E-state index is 9.39. The van der Waals surface area contributed by atoms with Crippen molar-refractivity contribution in [2.45, 2.75) is 33.9 Å². The predicted molar refractivity (Wildman–Crippen MR) is 89.1 cm³/mol. The molecular weight excluding hydrogens is 274 g/mol. The van der Waals surface area contributed by atoms with Crippen molar-refractivity contribution in [3.05, 3.63) is 64.6 Å². The minimum absolute atomic E-state index is 0.0378. The minimum Gasteiger partial charge on any atom is -0.390 e. The van der Waals surface area contributed by atoms with Crippen molar-refractivity contribution in [3.8, 4) is 0 Å². The van der Waals surface area contributed by atoms with Gasteiger partial charge in [0.1, 0.15) is 0 Å². The zero-order valence-corrected chi connectivity index (χ0v) is 13.2. The number of benzene rings is 1. The third kappa shape index (κ3) is 2.46. The van der Waals surface area contributed by atoms with Crippen molar-refractivity contribution in [1.82, 2.24) is 9.38 Å². The number of aromatic nitrogens is 2. The van der Waals surface area contributed by atoms with Gasteiger partial charge in [-0.3, -0.25) is 0 Å². The number of anilines is 1. The van der Waals surface area contributed by atoms with Crippen LogP contribution in [0, 0.1) is 20.8 Å². The molecular formula is C18H21N3O. The van der Waals surface area contributed by atoms with Crippen LogP contribution in [-0.2, 0) is 13.2 Å². The third-order valence-corrected chi connectivity index (χ3v) is 4.24. The van der Waals surface area contributed by atoms with E-state index in [0.717, 1.165) is 29.3 Å². The second-order valence-corrected chi connectivity index (χ2v) is 5.64. The molecule has 0 amide bonds. The lowest BCUT2D eigenvalue weighted by molar-refractivity contribution is 0.276. The van der Waals surface area contributed by atoms with Gasteiger partial charge in [0.05, 0.1) is 18.0 Å². The number of nitrogens with one attached hydrogen (secondary N) is 1. The molecule has 0 atom stereocenters. The van der Waals surface area contributed by atoms with E-state index in [9.17, 15) is 5.11 Å². The fraction of sp³-hybridized carbons (Fsp3) is 0.278. The number of rotatable bonds is 4. The molecule has 0 aliphatic heterocycles. The smallest absolute Gasteiger partial charge is 0.160 e. The number of aliphatic hydroxyl groups is 1. The molecule has 3 rings (SSSR count). The van der Waals surface area contributed by atoms with Gasteiger partial charge >= 0.3 is 0 Å². The average Bonchev–Trinajstić information content (AvgIpc) is 2.84. The van der Waals surface area contributed by atoms with Crippen molar-refractivity contribution in [2.24, 2.45) is 0 Å². The summed E-state index contributed by atoms with van der Waals surface area (Å²) in [5.74, 6) is 0. The summed E-state index contributed by atoms with van der Waals surface area (Å²) in [7, 11) is 0. The standard InChI is InChI=1S/C18H21N3O/c1-12-6-4-7-13(2)15(12)10-19-16-8-5-9-21-14(3)17(11-22)20-18(16)21/h4-9,19,22H,10-11H2,1-3H3. The molecule has 3 aromatic rings. The Kier molecular flexibility index (Phi) is 3.86. The molecule has 0 spiro atoms. The maximum Gasteiger partial charge on any atom is 0.160 e. The molecule has 0 saturated carbocycles. The van der Waals surface area contributed by atoms with Crippen LogP contribution in [0.3, 0.4) is 0 Å². The highest BCUT2D eigenvalue weighted by atomic mass is 16.3. The summed E-state index contributed by atoms with van der Waals surface area (Å²) >= 11 is 0. The number of nitrogens with zero attached hydrogens (tertiary/aromatic N) is 2. The molecule has 0 fully saturated rings. The monoisotopic (exact) mass is 295 g/mol. The fourth-order valence-corrected chi connectivity index (χ4v) is 2.83. The minimum atomic E-state index is -0.0378. The quantitative estimate of drug-likeness (QED) is 0.776. The summed E-state index contributed by atoms with van der Waals surface area (Å²) < 4.78 is 2.01. The zero-order chi connectivity index (χ0) is 15.7. The Morgan fingerprint density at radius 3 is 2.50 bits per heavy atom. The van der Waals surface area contributed by atoms with Gasteiger partial charge in [0.15, 0.2) is 5.65 Å². The van der Waals surface area contributed by atoms with Gasteiger partial charge < -0.3 is 14.8 Å². The largest absolute Gasteiger partial charge is 0.390 e. The van der Waals surface area contributed by atoms with E-state index < -0.39 is 0 Å². The summed E-state index contributed by atoms with van der Waals surface area (Å²) in [5, 5.41) is 12.9. The highest BCUT2D eigenvalue weighted by Crippen LogP contribution is 2.22.